The number of aryl methyl sites for hydroxylation is 1. The molecule has 0 radical (unpaired) electrons. The molecule has 5 aromatic rings. The Hall–Kier alpha value is -5.51. The number of carbonyl (C=O) groups excluding carboxylic acids is 3. The largest absolute Gasteiger partial charge is 0.433 e. The van der Waals surface area contributed by atoms with Crippen LogP contribution in [0.25, 0.3) is 21.9 Å². The first-order chi connectivity index (χ1) is 25.1. The quantitative estimate of drug-likeness (QED) is 0.154. The lowest BCUT2D eigenvalue weighted by Gasteiger charge is -2.29. The molecule has 3 aromatic heterocycles. The number of pyridine rings is 1. The highest BCUT2D eigenvalue weighted by atomic mass is 19.4. The molecule has 1 unspecified atom stereocenters. The smallest absolute Gasteiger partial charge is 0.386 e. The Bertz CT molecular complexity index is 2310. The van der Waals surface area contributed by atoms with Crippen molar-refractivity contribution in [1.29, 1.82) is 0 Å². The zero-order chi connectivity index (χ0) is 37.8. The molecule has 1 saturated heterocycles. The number of rotatable bonds is 8. The molecule has 4 N–H and O–H groups in total. The lowest BCUT2D eigenvalue weighted by atomic mass is 9.86. The summed E-state index contributed by atoms with van der Waals surface area (Å²) in [4.78, 5) is 54.1. The van der Waals surface area contributed by atoms with E-state index in [0.29, 0.717) is 40.0 Å². The molecule has 278 valence electrons. The van der Waals surface area contributed by atoms with E-state index in [4.69, 9.17) is 5.10 Å². The highest BCUT2D eigenvalue weighted by Crippen LogP contribution is 2.37. The first-order valence-electron chi connectivity index (χ1n) is 17.5. The Balaban J connectivity index is 1.04. The second kappa shape index (κ2) is 13.5. The second-order valence-corrected chi connectivity index (χ2v) is 14.4. The topological polar surface area (TPSA) is 165 Å². The highest BCUT2D eigenvalue weighted by Gasteiger charge is 2.34. The van der Waals surface area contributed by atoms with Gasteiger partial charge in [-0.15, -0.1) is 0 Å². The number of anilines is 2. The minimum atomic E-state index is -4.71. The van der Waals surface area contributed by atoms with Crippen molar-refractivity contribution in [3.63, 3.8) is 0 Å². The fraction of sp³-hybridized carbons (Fsp3) is 0.405. The van der Waals surface area contributed by atoms with Crippen LogP contribution < -0.4 is 21.6 Å². The maximum absolute atomic E-state index is 13.3. The Kier molecular flexibility index (Phi) is 9.12. The van der Waals surface area contributed by atoms with E-state index in [1.807, 2.05) is 23.0 Å². The van der Waals surface area contributed by atoms with Crippen molar-refractivity contribution < 1.29 is 32.7 Å². The van der Waals surface area contributed by atoms with E-state index in [0.717, 1.165) is 43.5 Å². The first kappa shape index (κ1) is 35.9. The van der Waals surface area contributed by atoms with Gasteiger partial charge in [0.15, 0.2) is 0 Å². The van der Waals surface area contributed by atoms with Crippen LogP contribution in [0.2, 0.25) is 0 Å². The maximum atomic E-state index is 13.3. The number of para-hydroxylation sites is 1. The van der Waals surface area contributed by atoms with Gasteiger partial charge in [0, 0.05) is 42.8 Å². The molecule has 0 bridgehead atoms. The molecule has 4 heterocycles. The molecule has 1 aliphatic carbocycles. The van der Waals surface area contributed by atoms with Gasteiger partial charge in [0.2, 0.25) is 11.8 Å². The predicted octanol–water partition coefficient (Wildman–Crippen LogP) is 5.40. The molecule has 1 atom stereocenters. The van der Waals surface area contributed by atoms with Crippen molar-refractivity contribution in [2.45, 2.75) is 76.2 Å². The molecule has 2 aliphatic rings. The molecule has 3 amide bonds. The number of imidazole rings is 1. The minimum absolute atomic E-state index is 0.100. The molecule has 1 saturated carbocycles. The fourth-order valence-corrected chi connectivity index (χ4v) is 7.47. The molecule has 13 nitrogen and oxygen atoms in total. The van der Waals surface area contributed by atoms with E-state index in [1.54, 1.807) is 39.1 Å². The number of fused-ring (bicyclic) bond motifs is 2. The van der Waals surface area contributed by atoms with E-state index in [2.05, 4.69) is 20.9 Å². The summed E-state index contributed by atoms with van der Waals surface area (Å²) in [7, 11) is 1.67. The predicted molar refractivity (Wildman–Crippen MR) is 190 cm³/mol. The number of aromatic nitrogens is 5. The van der Waals surface area contributed by atoms with Crippen molar-refractivity contribution in [3.8, 4) is 0 Å². The van der Waals surface area contributed by atoms with E-state index in [9.17, 15) is 37.5 Å². The Morgan fingerprint density at radius 3 is 2.43 bits per heavy atom. The van der Waals surface area contributed by atoms with E-state index < -0.39 is 41.0 Å². The Morgan fingerprint density at radius 1 is 1.00 bits per heavy atom. The van der Waals surface area contributed by atoms with Gasteiger partial charge in [-0.25, -0.2) is 9.78 Å². The van der Waals surface area contributed by atoms with Crippen LogP contribution in [-0.2, 0) is 28.4 Å². The summed E-state index contributed by atoms with van der Waals surface area (Å²) < 4.78 is 44.6. The summed E-state index contributed by atoms with van der Waals surface area (Å²) >= 11 is 0. The average Bonchev–Trinajstić information content (AvgIpc) is 3.64. The number of hydrogen-bond acceptors (Lipinski definition) is 8. The summed E-state index contributed by atoms with van der Waals surface area (Å²) in [6, 6.07) is 11.3. The number of piperidine rings is 1. The molecule has 53 heavy (non-hydrogen) atoms. The second-order valence-electron chi connectivity index (χ2n) is 14.4. The van der Waals surface area contributed by atoms with Gasteiger partial charge in [-0.2, -0.15) is 18.3 Å². The van der Waals surface area contributed by atoms with E-state index in [-0.39, 0.29) is 36.2 Å². The third kappa shape index (κ3) is 7.02. The summed E-state index contributed by atoms with van der Waals surface area (Å²) in [5.74, 6) is -1.32. The van der Waals surface area contributed by atoms with Crippen LogP contribution in [0.4, 0.5) is 24.5 Å². The van der Waals surface area contributed by atoms with Gasteiger partial charge in [0.1, 0.15) is 17.4 Å². The van der Waals surface area contributed by atoms with Gasteiger partial charge < -0.3 is 15.7 Å². The first-order valence-corrected chi connectivity index (χ1v) is 17.5. The number of imide groups is 1. The average molecular weight is 733 g/mol. The zero-order valence-electron chi connectivity index (χ0n) is 29.3. The summed E-state index contributed by atoms with van der Waals surface area (Å²) in [6.07, 6.45) is 1.09. The summed E-state index contributed by atoms with van der Waals surface area (Å²) in [5.41, 5.74) is -0.0398. The summed E-state index contributed by atoms with van der Waals surface area (Å²) in [6.45, 7) is 3.77. The van der Waals surface area contributed by atoms with Crippen LogP contribution in [-0.4, -0.2) is 53.3 Å². The van der Waals surface area contributed by atoms with Crippen molar-refractivity contribution in [3.05, 3.63) is 82.2 Å². The van der Waals surface area contributed by atoms with Gasteiger partial charge >= 0.3 is 11.9 Å². The third-order valence-corrected chi connectivity index (χ3v) is 10.2. The number of benzene rings is 2. The molecule has 7 rings (SSSR count). The summed E-state index contributed by atoms with van der Waals surface area (Å²) in [5, 5.41) is 25.0. The number of aliphatic hydroxyl groups is 1. The highest BCUT2D eigenvalue weighted by molar-refractivity contribution is 6.04. The normalized spacial score (nSPS) is 19.8. The maximum Gasteiger partial charge on any atom is 0.433 e. The number of nitrogens with zero attached hydrogens (tertiary/aromatic N) is 5. The van der Waals surface area contributed by atoms with Crippen LogP contribution in [0.15, 0.2) is 59.5 Å². The number of amides is 3. The molecule has 2 fully saturated rings. The Morgan fingerprint density at radius 2 is 1.74 bits per heavy atom. The monoisotopic (exact) mass is 732 g/mol. The van der Waals surface area contributed by atoms with E-state index in [1.165, 1.54) is 15.2 Å². The van der Waals surface area contributed by atoms with Crippen molar-refractivity contribution in [2.24, 2.45) is 13.0 Å². The molecule has 1 aliphatic heterocycles. The number of alkyl halides is 3. The zero-order valence-corrected chi connectivity index (χ0v) is 29.3. The van der Waals surface area contributed by atoms with Gasteiger partial charge in [0.25, 0.3) is 5.91 Å². The molecule has 0 spiro atoms. The van der Waals surface area contributed by atoms with Crippen LogP contribution in [0.1, 0.15) is 86.2 Å². The number of carbonyl (C=O) groups is 3. The SMILES string of the molecule is Cn1c(=O)n(C2CCC(=O)NC2=O)c2cccc(NCC3CCC(n4cc5cc(NC(=O)c6cccc(C(F)(F)F)n6)c(C(C)(C)O)cc5n4)CC3)c21. The van der Waals surface area contributed by atoms with Crippen LogP contribution in [0, 0.1) is 5.92 Å². The Labute approximate surface area is 301 Å². The molecule has 16 heteroatoms. The van der Waals surface area contributed by atoms with Crippen molar-refractivity contribution in [1.82, 2.24) is 29.2 Å². The van der Waals surface area contributed by atoms with Gasteiger partial charge in [0.05, 0.1) is 33.9 Å². The minimum Gasteiger partial charge on any atom is -0.386 e. The van der Waals surface area contributed by atoms with Gasteiger partial charge in [-0.3, -0.25) is 33.5 Å². The van der Waals surface area contributed by atoms with E-state index >= 15 is 0 Å². The standard InChI is InChI=1S/C37H39F3N8O5/c1-36(2,53)23-17-26-21(16-27(23)43-33(50)25-7-5-9-30(42-25)37(38,39)40)19-47(45-26)22-12-10-20(11-13-22)18-41-24-6-4-8-28-32(24)46(3)35(52)48(28)29-14-15-31(49)44-34(29)51/h4-9,16-17,19-20,22,29,41,53H,10-15,18H2,1-3H3,(H,43,50)(H,44,49,51). The molecule has 2 aromatic carbocycles. The van der Waals surface area contributed by atoms with Crippen LogP contribution in [0.3, 0.4) is 0 Å². The number of hydrogen-bond donors (Lipinski definition) is 4. The number of halogens is 3. The fourth-order valence-electron chi connectivity index (χ4n) is 7.47. The third-order valence-electron chi connectivity index (χ3n) is 10.2. The lowest BCUT2D eigenvalue weighted by molar-refractivity contribution is -0.141. The van der Waals surface area contributed by atoms with Gasteiger partial charge in [-0.05, 0) is 88.3 Å². The number of nitrogens with one attached hydrogen (secondary N) is 3. The lowest BCUT2D eigenvalue weighted by Crippen LogP contribution is -2.44. The molecular formula is C37H39F3N8O5. The molecular weight excluding hydrogens is 693 g/mol. The van der Waals surface area contributed by atoms with Crippen molar-refractivity contribution in [2.75, 3.05) is 17.2 Å². The van der Waals surface area contributed by atoms with Crippen LogP contribution in [0.5, 0.6) is 0 Å². The van der Waals surface area contributed by atoms with Crippen molar-refractivity contribution >= 4 is 51.0 Å². The van der Waals surface area contributed by atoms with Gasteiger partial charge in [-0.1, -0.05) is 12.1 Å². The van der Waals surface area contributed by atoms with Crippen LogP contribution >= 0.6 is 0 Å².